The fourth-order valence-electron chi connectivity index (χ4n) is 3.03. The van der Waals surface area contributed by atoms with Crippen molar-refractivity contribution in [3.05, 3.63) is 54.1 Å². The van der Waals surface area contributed by atoms with Crippen molar-refractivity contribution in [2.45, 2.75) is 36.1 Å². The number of benzene rings is 2. The number of hydrogen-bond acceptors (Lipinski definition) is 6. The lowest BCUT2D eigenvalue weighted by Crippen LogP contribution is -2.42. The van der Waals surface area contributed by atoms with Gasteiger partial charge in [-0.25, -0.2) is 0 Å². The van der Waals surface area contributed by atoms with E-state index in [-0.39, 0.29) is 4.90 Å². The van der Waals surface area contributed by atoms with Gasteiger partial charge in [0.2, 0.25) is 0 Å². The first-order chi connectivity index (χ1) is 13.4. The van der Waals surface area contributed by atoms with E-state index in [1.807, 2.05) is 19.1 Å². The van der Waals surface area contributed by atoms with Crippen LogP contribution in [0.15, 0.2) is 58.3 Å². The first-order valence-electron chi connectivity index (χ1n) is 9.47. The Hall–Kier alpha value is -1.54. The molecule has 1 heterocycles. The minimum absolute atomic E-state index is 0.158. The van der Waals surface area contributed by atoms with Crippen LogP contribution in [0.4, 0.5) is 0 Å². The SMILES string of the molecule is Cc1ccc(S(=O)(=O)Oc2ccc(SCC(C)CC3COCCN3)cc2)cc1. The summed E-state index contributed by atoms with van der Waals surface area (Å²) in [5.41, 5.74) is 1.00. The van der Waals surface area contributed by atoms with Gasteiger partial charge in [-0.1, -0.05) is 24.6 Å². The quantitative estimate of drug-likeness (QED) is 0.516. The van der Waals surface area contributed by atoms with Crippen molar-refractivity contribution in [2.75, 3.05) is 25.5 Å². The molecule has 1 aliphatic rings. The van der Waals surface area contributed by atoms with Gasteiger partial charge < -0.3 is 14.2 Å². The molecule has 3 rings (SSSR count). The molecule has 1 aliphatic heterocycles. The third kappa shape index (κ3) is 6.24. The molecular weight excluding hydrogens is 394 g/mol. The van der Waals surface area contributed by atoms with Crippen LogP contribution in [0.25, 0.3) is 0 Å². The van der Waals surface area contributed by atoms with E-state index in [9.17, 15) is 8.42 Å². The van der Waals surface area contributed by atoms with Crippen molar-refractivity contribution >= 4 is 21.9 Å². The molecule has 0 aliphatic carbocycles. The molecule has 1 saturated heterocycles. The molecule has 0 amide bonds. The monoisotopic (exact) mass is 421 g/mol. The van der Waals surface area contributed by atoms with Crippen LogP contribution in [0.5, 0.6) is 5.75 Å². The minimum Gasteiger partial charge on any atom is -0.379 e. The van der Waals surface area contributed by atoms with Crippen LogP contribution in [0, 0.1) is 12.8 Å². The van der Waals surface area contributed by atoms with E-state index in [0.29, 0.717) is 17.7 Å². The Labute approximate surface area is 172 Å². The summed E-state index contributed by atoms with van der Waals surface area (Å²) in [4.78, 5) is 1.26. The van der Waals surface area contributed by atoms with E-state index in [4.69, 9.17) is 8.92 Å². The number of rotatable bonds is 8. The lowest BCUT2D eigenvalue weighted by Gasteiger charge is -2.26. The maximum Gasteiger partial charge on any atom is 0.339 e. The molecule has 0 saturated carbocycles. The van der Waals surface area contributed by atoms with E-state index in [1.54, 1.807) is 48.2 Å². The maximum absolute atomic E-state index is 12.4. The van der Waals surface area contributed by atoms with Gasteiger partial charge in [-0.15, -0.1) is 11.8 Å². The molecule has 0 aromatic heterocycles. The number of ether oxygens (including phenoxy) is 1. The largest absolute Gasteiger partial charge is 0.379 e. The van der Waals surface area contributed by atoms with Crippen molar-refractivity contribution in [1.29, 1.82) is 0 Å². The predicted molar refractivity (Wildman–Crippen MR) is 113 cm³/mol. The molecule has 0 spiro atoms. The van der Waals surface area contributed by atoms with Crippen molar-refractivity contribution in [3.63, 3.8) is 0 Å². The summed E-state index contributed by atoms with van der Waals surface area (Å²) in [7, 11) is -3.81. The zero-order valence-electron chi connectivity index (χ0n) is 16.3. The van der Waals surface area contributed by atoms with E-state index >= 15 is 0 Å². The Morgan fingerprint density at radius 2 is 1.89 bits per heavy atom. The van der Waals surface area contributed by atoms with E-state index in [0.717, 1.165) is 42.4 Å². The molecular formula is C21H27NO4S2. The summed E-state index contributed by atoms with van der Waals surface area (Å²) in [6.07, 6.45) is 1.09. The van der Waals surface area contributed by atoms with Gasteiger partial charge in [0.05, 0.1) is 13.2 Å². The highest BCUT2D eigenvalue weighted by molar-refractivity contribution is 7.99. The first kappa shape index (κ1) is 21.2. The number of nitrogens with one attached hydrogen (secondary N) is 1. The van der Waals surface area contributed by atoms with Crippen LogP contribution in [0.2, 0.25) is 0 Å². The van der Waals surface area contributed by atoms with Gasteiger partial charge in [0, 0.05) is 23.2 Å². The summed E-state index contributed by atoms with van der Waals surface area (Å²) in [6.45, 7) is 6.67. The van der Waals surface area contributed by atoms with Crippen LogP contribution in [-0.4, -0.2) is 40.0 Å². The van der Waals surface area contributed by atoms with Gasteiger partial charge in [-0.3, -0.25) is 0 Å². The molecule has 5 nitrogen and oxygen atoms in total. The number of aryl methyl sites for hydroxylation is 1. The average molecular weight is 422 g/mol. The standard InChI is InChI=1S/C21H27NO4S2/c1-16-3-9-21(10-4-16)28(23,24)26-19-5-7-20(8-6-19)27-15-17(2)13-18-14-25-12-11-22-18/h3-10,17-18,22H,11-15H2,1-2H3. The molecule has 2 aromatic carbocycles. The van der Waals surface area contributed by atoms with E-state index < -0.39 is 10.1 Å². The van der Waals surface area contributed by atoms with Crippen molar-refractivity contribution in [1.82, 2.24) is 5.32 Å². The molecule has 1 N–H and O–H groups in total. The highest BCUT2D eigenvalue weighted by Crippen LogP contribution is 2.26. The molecule has 0 bridgehead atoms. The van der Waals surface area contributed by atoms with E-state index in [2.05, 4.69) is 12.2 Å². The van der Waals surface area contributed by atoms with Crippen LogP contribution >= 0.6 is 11.8 Å². The summed E-state index contributed by atoms with van der Waals surface area (Å²) in [6, 6.07) is 14.3. The fourth-order valence-corrected chi connectivity index (χ4v) is 4.91. The Bertz CT molecular complexity index is 845. The molecule has 1 fully saturated rings. The van der Waals surface area contributed by atoms with Gasteiger partial charge in [0.1, 0.15) is 10.6 Å². The second-order valence-electron chi connectivity index (χ2n) is 7.20. The van der Waals surface area contributed by atoms with Crippen LogP contribution in [-0.2, 0) is 14.9 Å². The van der Waals surface area contributed by atoms with Crippen molar-refractivity contribution < 1.29 is 17.3 Å². The van der Waals surface area contributed by atoms with E-state index in [1.165, 1.54) is 0 Å². The Morgan fingerprint density at radius 1 is 1.18 bits per heavy atom. The number of thioether (sulfide) groups is 1. The van der Waals surface area contributed by atoms with Crippen LogP contribution in [0.1, 0.15) is 18.9 Å². The normalized spacial score (nSPS) is 18.6. The third-order valence-electron chi connectivity index (χ3n) is 4.56. The average Bonchev–Trinajstić information content (AvgIpc) is 2.68. The van der Waals surface area contributed by atoms with Crippen molar-refractivity contribution in [3.8, 4) is 5.75 Å². The molecule has 7 heteroatoms. The zero-order chi connectivity index (χ0) is 20.0. The Kier molecular flexibility index (Phi) is 7.40. The minimum atomic E-state index is -3.81. The van der Waals surface area contributed by atoms with Gasteiger partial charge in [-0.2, -0.15) is 8.42 Å². The molecule has 28 heavy (non-hydrogen) atoms. The molecule has 2 unspecified atom stereocenters. The topological polar surface area (TPSA) is 64.6 Å². The van der Waals surface area contributed by atoms with Gasteiger partial charge in [-0.05, 0) is 55.7 Å². The van der Waals surface area contributed by atoms with Crippen LogP contribution < -0.4 is 9.50 Å². The molecule has 152 valence electrons. The fraction of sp³-hybridized carbons (Fsp3) is 0.429. The second kappa shape index (κ2) is 9.78. The smallest absolute Gasteiger partial charge is 0.339 e. The Balaban J connectivity index is 1.51. The summed E-state index contributed by atoms with van der Waals surface area (Å²) in [5, 5.41) is 3.49. The highest BCUT2D eigenvalue weighted by atomic mass is 32.2. The molecule has 2 aromatic rings. The second-order valence-corrected chi connectivity index (χ2v) is 9.84. The number of hydrogen-bond donors (Lipinski definition) is 1. The first-order valence-corrected chi connectivity index (χ1v) is 11.9. The summed E-state index contributed by atoms with van der Waals surface area (Å²) >= 11 is 1.77. The third-order valence-corrected chi connectivity index (χ3v) is 7.16. The summed E-state index contributed by atoms with van der Waals surface area (Å²) in [5.74, 6) is 1.88. The Morgan fingerprint density at radius 3 is 2.54 bits per heavy atom. The lowest BCUT2D eigenvalue weighted by molar-refractivity contribution is 0.0704. The van der Waals surface area contributed by atoms with Crippen molar-refractivity contribution in [2.24, 2.45) is 5.92 Å². The predicted octanol–water partition coefficient (Wildman–Crippen LogP) is 3.87. The summed E-state index contributed by atoms with van der Waals surface area (Å²) < 4.78 is 35.5. The molecule has 0 radical (unpaired) electrons. The lowest BCUT2D eigenvalue weighted by atomic mass is 10.0. The van der Waals surface area contributed by atoms with Crippen LogP contribution in [0.3, 0.4) is 0 Å². The highest BCUT2D eigenvalue weighted by Gasteiger charge is 2.17. The van der Waals surface area contributed by atoms with Gasteiger partial charge >= 0.3 is 10.1 Å². The van der Waals surface area contributed by atoms with Gasteiger partial charge in [0.25, 0.3) is 0 Å². The van der Waals surface area contributed by atoms with Gasteiger partial charge in [0.15, 0.2) is 0 Å². The molecule has 2 atom stereocenters. The maximum atomic E-state index is 12.4. The zero-order valence-corrected chi connectivity index (χ0v) is 17.9. The number of morpholine rings is 1.